The molecule has 0 bridgehead atoms. The highest BCUT2D eigenvalue weighted by Crippen LogP contribution is 2.37. The molecule has 0 saturated heterocycles. The molecule has 2 heteroatoms. The maximum absolute atomic E-state index is 4.00. The molecule has 2 fully saturated rings. The Kier molecular flexibility index (Phi) is 21.8. The minimum Gasteiger partial charge on any atom is -0.357 e. The standard InChI is InChI=1S/C12H19N.C8H16.C7H12S.C2H6.C2H2/c1-3-10-6-12(7-10)8-11-4-5-13(2)9-11;1-7-3-5-8(2)6-4-7;1-6(2)7(3)5-8-4;2*1-2/h4-5,9-10,12H,3,6-8H2,1-2H3;7-8H,3-6H2,1-2H3;5H,1H2,2-4H3;1-2H3;1-2H/b;;7-5+;;. The zero-order chi connectivity index (χ0) is 25.8. The molecule has 1 aromatic heterocycles. The Labute approximate surface area is 212 Å². The van der Waals surface area contributed by atoms with Crippen molar-refractivity contribution in [3.63, 3.8) is 0 Å². The van der Waals surface area contributed by atoms with Gasteiger partial charge < -0.3 is 4.57 Å². The highest BCUT2D eigenvalue weighted by atomic mass is 32.2. The highest BCUT2D eigenvalue weighted by Gasteiger charge is 2.27. The van der Waals surface area contributed by atoms with E-state index in [4.69, 9.17) is 0 Å². The molecule has 3 rings (SSSR count). The second kappa shape index (κ2) is 21.2. The van der Waals surface area contributed by atoms with Gasteiger partial charge in [0.1, 0.15) is 0 Å². The second-order valence-corrected chi connectivity index (χ2v) is 10.4. The summed E-state index contributed by atoms with van der Waals surface area (Å²) in [5.41, 5.74) is 3.94. The van der Waals surface area contributed by atoms with Gasteiger partial charge in [0.05, 0.1) is 0 Å². The van der Waals surface area contributed by atoms with Crippen LogP contribution in [0.25, 0.3) is 0 Å². The van der Waals surface area contributed by atoms with Gasteiger partial charge in [-0.2, -0.15) is 0 Å². The number of thioether (sulfide) groups is 1. The normalized spacial score (nSPS) is 23.4. The van der Waals surface area contributed by atoms with Crippen molar-refractivity contribution in [1.29, 1.82) is 0 Å². The molecule has 0 radical (unpaired) electrons. The van der Waals surface area contributed by atoms with E-state index in [1.165, 1.54) is 62.5 Å². The number of allylic oxidation sites excluding steroid dienone is 2. The van der Waals surface area contributed by atoms with Gasteiger partial charge in [-0.15, -0.1) is 24.6 Å². The lowest BCUT2D eigenvalue weighted by atomic mass is 9.71. The van der Waals surface area contributed by atoms with E-state index in [0.717, 1.165) is 29.2 Å². The Bertz CT molecular complexity index is 627. The molecule has 0 atom stereocenters. The fraction of sp³-hybridized carbons (Fsp3) is 0.677. The summed E-state index contributed by atoms with van der Waals surface area (Å²) in [5.74, 6) is 4.05. The van der Waals surface area contributed by atoms with Gasteiger partial charge >= 0.3 is 0 Å². The predicted octanol–water partition coefficient (Wildman–Crippen LogP) is 9.94. The predicted molar refractivity (Wildman–Crippen MR) is 156 cm³/mol. The SMILES string of the molecule is C#C.C=C(C)/C(C)=C/SC.CC.CC1CCC(C)CC1.CCC1CC(Cc2ccn(C)c2)C1. The topological polar surface area (TPSA) is 4.93 Å². The van der Waals surface area contributed by atoms with E-state index in [2.05, 4.69) is 82.6 Å². The van der Waals surface area contributed by atoms with Crippen molar-refractivity contribution >= 4 is 11.8 Å². The molecule has 1 aromatic rings. The fourth-order valence-corrected chi connectivity index (χ4v) is 4.65. The van der Waals surface area contributed by atoms with E-state index in [-0.39, 0.29) is 0 Å². The molecule has 1 heterocycles. The molecule has 0 amide bonds. The molecular weight excluding hydrogens is 418 g/mol. The van der Waals surface area contributed by atoms with Crippen molar-refractivity contribution in [2.75, 3.05) is 6.26 Å². The molecule has 1 nitrogen and oxygen atoms in total. The van der Waals surface area contributed by atoms with Gasteiger partial charge in [0.25, 0.3) is 0 Å². The van der Waals surface area contributed by atoms with Crippen LogP contribution in [0.4, 0.5) is 0 Å². The van der Waals surface area contributed by atoms with Gasteiger partial charge in [0.2, 0.25) is 0 Å². The van der Waals surface area contributed by atoms with Crippen LogP contribution < -0.4 is 0 Å². The van der Waals surface area contributed by atoms with Gasteiger partial charge in [-0.05, 0) is 85.6 Å². The number of nitrogens with zero attached hydrogens (tertiary/aromatic N) is 1. The lowest BCUT2D eigenvalue weighted by molar-refractivity contribution is 0.187. The lowest BCUT2D eigenvalue weighted by Crippen LogP contribution is -2.24. The minimum atomic E-state index is 0.979. The maximum Gasteiger partial charge on any atom is 0.0106 e. The van der Waals surface area contributed by atoms with Crippen molar-refractivity contribution < 1.29 is 0 Å². The maximum atomic E-state index is 4.00. The van der Waals surface area contributed by atoms with Crippen LogP contribution in [-0.4, -0.2) is 10.8 Å². The summed E-state index contributed by atoms with van der Waals surface area (Å²) >= 11 is 1.72. The molecule has 190 valence electrons. The van der Waals surface area contributed by atoms with E-state index in [9.17, 15) is 0 Å². The van der Waals surface area contributed by atoms with Crippen molar-refractivity contribution in [3.05, 3.63) is 47.2 Å². The van der Waals surface area contributed by atoms with Crippen LogP contribution in [0.5, 0.6) is 0 Å². The Hall–Kier alpha value is -1.33. The molecule has 2 aliphatic rings. The Morgan fingerprint density at radius 1 is 1.06 bits per heavy atom. The zero-order valence-corrected chi connectivity index (χ0v) is 24.3. The van der Waals surface area contributed by atoms with Crippen LogP contribution in [0.3, 0.4) is 0 Å². The summed E-state index contributed by atoms with van der Waals surface area (Å²) < 4.78 is 2.14. The van der Waals surface area contributed by atoms with Crippen molar-refractivity contribution in [3.8, 4) is 12.8 Å². The zero-order valence-electron chi connectivity index (χ0n) is 23.5. The molecule has 0 unspecified atom stereocenters. The third kappa shape index (κ3) is 16.9. The van der Waals surface area contributed by atoms with Gasteiger partial charge in [0, 0.05) is 19.4 Å². The van der Waals surface area contributed by atoms with Crippen molar-refractivity contribution in [2.24, 2.45) is 30.7 Å². The molecule has 0 aromatic carbocycles. The minimum absolute atomic E-state index is 0.979. The van der Waals surface area contributed by atoms with E-state index >= 15 is 0 Å². The molecule has 2 aliphatic carbocycles. The number of terminal acetylenes is 1. The van der Waals surface area contributed by atoms with Crippen molar-refractivity contribution in [2.45, 2.75) is 99.8 Å². The Morgan fingerprint density at radius 2 is 1.55 bits per heavy atom. The fourth-order valence-electron chi connectivity index (χ4n) is 4.09. The van der Waals surface area contributed by atoms with Gasteiger partial charge in [-0.25, -0.2) is 0 Å². The summed E-state index contributed by atoms with van der Waals surface area (Å²) in [6, 6.07) is 2.25. The number of aryl methyl sites for hydroxylation is 1. The third-order valence-electron chi connectivity index (χ3n) is 6.60. The first-order chi connectivity index (χ1) is 15.7. The summed E-state index contributed by atoms with van der Waals surface area (Å²) in [6.07, 6.45) is 25.9. The number of hydrogen-bond donors (Lipinski definition) is 0. The van der Waals surface area contributed by atoms with Crippen LogP contribution >= 0.6 is 11.8 Å². The average molecular weight is 474 g/mol. The van der Waals surface area contributed by atoms with Gasteiger partial charge in [0.15, 0.2) is 0 Å². The second-order valence-electron chi connectivity index (χ2n) is 9.68. The van der Waals surface area contributed by atoms with Gasteiger partial charge in [-0.1, -0.05) is 78.9 Å². The van der Waals surface area contributed by atoms with Crippen LogP contribution in [0.2, 0.25) is 0 Å². The molecule has 2 saturated carbocycles. The first-order valence-electron chi connectivity index (χ1n) is 13.0. The van der Waals surface area contributed by atoms with Crippen LogP contribution in [0.15, 0.2) is 41.6 Å². The number of hydrogen-bond acceptors (Lipinski definition) is 1. The van der Waals surface area contributed by atoms with E-state index in [0.29, 0.717) is 0 Å². The molecule has 0 N–H and O–H groups in total. The summed E-state index contributed by atoms with van der Waals surface area (Å²) in [5, 5.41) is 2.10. The summed E-state index contributed by atoms with van der Waals surface area (Å²) in [6.45, 7) is 18.9. The number of aromatic nitrogens is 1. The van der Waals surface area contributed by atoms with Crippen molar-refractivity contribution in [1.82, 2.24) is 4.57 Å². The number of rotatable bonds is 5. The average Bonchev–Trinajstić information content (AvgIpc) is 3.21. The summed E-state index contributed by atoms with van der Waals surface area (Å²) in [7, 11) is 2.10. The van der Waals surface area contributed by atoms with Crippen LogP contribution in [0, 0.1) is 36.5 Å². The highest BCUT2D eigenvalue weighted by molar-refractivity contribution is 8.01. The van der Waals surface area contributed by atoms with E-state index < -0.39 is 0 Å². The van der Waals surface area contributed by atoms with E-state index in [1.54, 1.807) is 11.8 Å². The molecule has 33 heavy (non-hydrogen) atoms. The monoisotopic (exact) mass is 473 g/mol. The smallest absolute Gasteiger partial charge is 0.0106 e. The lowest BCUT2D eigenvalue weighted by Gasteiger charge is -2.34. The summed E-state index contributed by atoms with van der Waals surface area (Å²) in [4.78, 5) is 0. The first-order valence-corrected chi connectivity index (χ1v) is 14.3. The Balaban J connectivity index is 0. The first kappa shape index (κ1) is 33.8. The third-order valence-corrected chi connectivity index (χ3v) is 7.19. The van der Waals surface area contributed by atoms with E-state index in [1.807, 2.05) is 27.0 Å². The largest absolute Gasteiger partial charge is 0.357 e. The molecule has 0 aliphatic heterocycles. The Morgan fingerprint density at radius 3 is 1.85 bits per heavy atom. The molecular formula is C31H55NS. The quantitative estimate of drug-likeness (QED) is 0.304. The van der Waals surface area contributed by atoms with Crippen LogP contribution in [-0.2, 0) is 13.5 Å². The molecule has 0 spiro atoms. The van der Waals surface area contributed by atoms with Gasteiger partial charge in [-0.3, -0.25) is 0 Å². The van der Waals surface area contributed by atoms with Crippen LogP contribution in [0.1, 0.15) is 99.0 Å².